The Bertz CT molecular complexity index is 347. The second kappa shape index (κ2) is 4.09. The number of rotatable bonds is 3. The average Bonchev–Trinajstić information content (AvgIpc) is 2.03. The van der Waals surface area contributed by atoms with E-state index >= 15 is 0 Å². The molecule has 0 spiro atoms. The SMILES string of the molecule is C=COc1cc(Br)cc(C(=O)O)c1. The van der Waals surface area contributed by atoms with Crippen LogP contribution < -0.4 is 4.74 Å². The molecule has 0 atom stereocenters. The van der Waals surface area contributed by atoms with E-state index in [1.165, 1.54) is 18.4 Å². The highest BCUT2D eigenvalue weighted by Gasteiger charge is 2.05. The van der Waals surface area contributed by atoms with Crippen molar-refractivity contribution in [1.29, 1.82) is 0 Å². The molecule has 1 N–H and O–H groups in total. The normalized spacial score (nSPS) is 9.31. The van der Waals surface area contributed by atoms with Crippen molar-refractivity contribution in [2.75, 3.05) is 0 Å². The number of hydrogen-bond acceptors (Lipinski definition) is 2. The van der Waals surface area contributed by atoms with E-state index in [9.17, 15) is 4.79 Å². The Kier molecular flexibility index (Phi) is 3.08. The maximum Gasteiger partial charge on any atom is 0.335 e. The first-order valence-corrected chi connectivity index (χ1v) is 4.24. The standard InChI is InChI=1S/C9H7BrO3/c1-2-13-8-4-6(9(11)12)3-7(10)5-8/h2-5H,1H2,(H,11,12). The van der Waals surface area contributed by atoms with Gasteiger partial charge in [-0.25, -0.2) is 4.79 Å². The minimum Gasteiger partial charge on any atom is -0.478 e. The van der Waals surface area contributed by atoms with Crippen molar-refractivity contribution >= 4 is 21.9 Å². The first-order chi connectivity index (χ1) is 6.13. The zero-order valence-electron chi connectivity index (χ0n) is 6.66. The van der Waals surface area contributed by atoms with Gasteiger partial charge in [0, 0.05) is 4.47 Å². The van der Waals surface area contributed by atoms with Crippen molar-refractivity contribution in [2.24, 2.45) is 0 Å². The number of aromatic carboxylic acids is 1. The molecule has 0 aromatic heterocycles. The number of carbonyl (C=O) groups is 1. The molecule has 13 heavy (non-hydrogen) atoms. The van der Waals surface area contributed by atoms with Gasteiger partial charge in [0.15, 0.2) is 0 Å². The van der Waals surface area contributed by atoms with Crippen molar-refractivity contribution < 1.29 is 14.6 Å². The van der Waals surface area contributed by atoms with Gasteiger partial charge in [-0.2, -0.15) is 0 Å². The van der Waals surface area contributed by atoms with Gasteiger partial charge in [-0.15, -0.1) is 0 Å². The molecule has 1 aromatic carbocycles. The van der Waals surface area contributed by atoms with Crippen molar-refractivity contribution in [3.63, 3.8) is 0 Å². The molecule has 0 saturated carbocycles. The number of benzene rings is 1. The van der Waals surface area contributed by atoms with Gasteiger partial charge in [0.2, 0.25) is 0 Å². The predicted octanol–water partition coefficient (Wildman–Crippen LogP) is 2.67. The van der Waals surface area contributed by atoms with Crippen molar-refractivity contribution in [2.45, 2.75) is 0 Å². The van der Waals surface area contributed by atoms with E-state index in [2.05, 4.69) is 22.5 Å². The van der Waals surface area contributed by atoms with Crippen molar-refractivity contribution in [3.05, 3.63) is 41.1 Å². The maximum absolute atomic E-state index is 10.6. The molecule has 1 aromatic rings. The smallest absolute Gasteiger partial charge is 0.335 e. The van der Waals surface area contributed by atoms with Crippen LogP contribution in [0.2, 0.25) is 0 Å². The molecule has 68 valence electrons. The highest BCUT2D eigenvalue weighted by atomic mass is 79.9. The Balaban J connectivity index is 3.10. The summed E-state index contributed by atoms with van der Waals surface area (Å²) in [4.78, 5) is 10.6. The van der Waals surface area contributed by atoms with Crippen LogP contribution in [-0.4, -0.2) is 11.1 Å². The van der Waals surface area contributed by atoms with Gasteiger partial charge >= 0.3 is 5.97 Å². The molecule has 0 aliphatic heterocycles. The largest absolute Gasteiger partial charge is 0.478 e. The minimum absolute atomic E-state index is 0.172. The Hall–Kier alpha value is -1.29. The zero-order valence-corrected chi connectivity index (χ0v) is 8.24. The highest BCUT2D eigenvalue weighted by molar-refractivity contribution is 9.10. The summed E-state index contributed by atoms with van der Waals surface area (Å²) in [6.45, 7) is 3.38. The molecule has 1 rings (SSSR count). The lowest BCUT2D eigenvalue weighted by Crippen LogP contribution is -1.96. The Morgan fingerprint density at radius 1 is 1.54 bits per heavy atom. The number of halogens is 1. The number of ether oxygens (including phenoxy) is 1. The lowest BCUT2D eigenvalue weighted by Gasteiger charge is -2.02. The second-order valence-electron chi connectivity index (χ2n) is 2.27. The fraction of sp³-hybridized carbons (Fsp3) is 0. The molecule has 0 fully saturated rings. The number of hydrogen-bond donors (Lipinski definition) is 1. The summed E-state index contributed by atoms with van der Waals surface area (Å²) >= 11 is 3.17. The average molecular weight is 243 g/mol. The van der Waals surface area contributed by atoms with Crippen LogP contribution in [0.5, 0.6) is 5.75 Å². The predicted molar refractivity (Wildman–Crippen MR) is 51.9 cm³/mol. The van der Waals surface area contributed by atoms with E-state index in [1.54, 1.807) is 6.07 Å². The first-order valence-electron chi connectivity index (χ1n) is 3.45. The molecule has 0 amide bonds. The molecule has 3 nitrogen and oxygen atoms in total. The fourth-order valence-electron chi connectivity index (χ4n) is 0.850. The van der Waals surface area contributed by atoms with Gasteiger partial charge in [0.1, 0.15) is 5.75 Å². The molecular weight excluding hydrogens is 236 g/mol. The molecule has 0 aliphatic rings. The fourth-order valence-corrected chi connectivity index (χ4v) is 1.32. The van der Waals surface area contributed by atoms with Crippen LogP contribution in [0, 0.1) is 0 Å². The molecule has 0 unspecified atom stereocenters. The molecule has 0 bridgehead atoms. The van der Waals surface area contributed by atoms with E-state index < -0.39 is 5.97 Å². The van der Waals surface area contributed by atoms with Crippen LogP contribution in [0.15, 0.2) is 35.5 Å². The molecule has 4 heteroatoms. The lowest BCUT2D eigenvalue weighted by molar-refractivity contribution is 0.0696. The summed E-state index contributed by atoms with van der Waals surface area (Å²) in [6, 6.07) is 4.58. The Labute approximate surface area is 83.8 Å². The lowest BCUT2D eigenvalue weighted by atomic mass is 10.2. The third-order valence-electron chi connectivity index (χ3n) is 1.34. The zero-order chi connectivity index (χ0) is 9.84. The maximum atomic E-state index is 10.6. The monoisotopic (exact) mass is 242 g/mol. The molecule has 0 aliphatic carbocycles. The van der Waals surface area contributed by atoms with Gasteiger partial charge in [-0.1, -0.05) is 22.5 Å². The van der Waals surface area contributed by atoms with Gasteiger partial charge in [0.25, 0.3) is 0 Å². The summed E-state index contributed by atoms with van der Waals surface area (Å²) in [5.41, 5.74) is 0.172. The van der Waals surface area contributed by atoms with Gasteiger partial charge in [0.05, 0.1) is 11.8 Å². The summed E-state index contributed by atoms with van der Waals surface area (Å²) in [5.74, 6) is -0.544. The van der Waals surface area contributed by atoms with E-state index in [1.807, 2.05) is 0 Å². The third-order valence-corrected chi connectivity index (χ3v) is 1.80. The Morgan fingerprint density at radius 2 is 2.23 bits per heavy atom. The summed E-state index contributed by atoms with van der Waals surface area (Å²) in [6.07, 6.45) is 1.24. The Morgan fingerprint density at radius 3 is 2.77 bits per heavy atom. The summed E-state index contributed by atoms with van der Waals surface area (Å²) in [5, 5.41) is 8.70. The van der Waals surface area contributed by atoms with Gasteiger partial charge in [-0.3, -0.25) is 0 Å². The van der Waals surface area contributed by atoms with E-state index in [0.717, 1.165) is 0 Å². The molecule has 0 saturated heterocycles. The van der Waals surface area contributed by atoms with E-state index in [0.29, 0.717) is 10.2 Å². The van der Waals surface area contributed by atoms with E-state index in [-0.39, 0.29) is 5.56 Å². The van der Waals surface area contributed by atoms with Gasteiger partial charge in [-0.05, 0) is 18.2 Å². The first kappa shape index (κ1) is 9.80. The topological polar surface area (TPSA) is 46.5 Å². The third kappa shape index (κ3) is 2.59. The summed E-state index contributed by atoms with van der Waals surface area (Å²) < 4.78 is 5.60. The summed E-state index contributed by atoms with van der Waals surface area (Å²) in [7, 11) is 0. The van der Waals surface area contributed by atoms with Gasteiger partial charge < -0.3 is 9.84 Å². The van der Waals surface area contributed by atoms with Crippen LogP contribution in [0.25, 0.3) is 0 Å². The van der Waals surface area contributed by atoms with Crippen LogP contribution in [0.3, 0.4) is 0 Å². The number of carboxylic acid groups (broad SMARTS) is 1. The minimum atomic E-state index is -0.991. The molecular formula is C9H7BrO3. The molecule has 0 radical (unpaired) electrons. The van der Waals surface area contributed by atoms with E-state index in [4.69, 9.17) is 9.84 Å². The van der Waals surface area contributed by atoms with Crippen LogP contribution in [0.4, 0.5) is 0 Å². The van der Waals surface area contributed by atoms with Crippen molar-refractivity contribution in [3.8, 4) is 5.75 Å². The van der Waals surface area contributed by atoms with Crippen molar-refractivity contribution in [1.82, 2.24) is 0 Å². The highest BCUT2D eigenvalue weighted by Crippen LogP contribution is 2.21. The van der Waals surface area contributed by atoms with Crippen LogP contribution >= 0.6 is 15.9 Å². The van der Waals surface area contributed by atoms with Crippen LogP contribution in [-0.2, 0) is 0 Å². The molecule has 0 heterocycles. The quantitative estimate of drug-likeness (QED) is 0.830. The number of carboxylic acids is 1. The second-order valence-corrected chi connectivity index (χ2v) is 3.18. The van der Waals surface area contributed by atoms with Crippen LogP contribution in [0.1, 0.15) is 10.4 Å².